The van der Waals surface area contributed by atoms with E-state index in [1.807, 2.05) is 0 Å². The number of aliphatic hydroxyl groups is 2. The average Bonchev–Trinajstić information content (AvgIpc) is 3.07. The Bertz CT molecular complexity index is 779. The highest BCUT2D eigenvalue weighted by atomic mass is 31.2. The Morgan fingerprint density at radius 3 is 2.46 bits per heavy atom. The van der Waals surface area contributed by atoms with Crippen molar-refractivity contribution >= 4 is 25.5 Å². The lowest BCUT2D eigenvalue weighted by Crippen LogP contribution is -2.29. The summed E-state index contributed by atoms with van der Waals surface area (Å²) in [5.41, 5.74) is 0. The lowest BCUT2D eigenvalue weighted by atomic mass is 9.88. The molecule has 1 saturated carbocycles. The van der Waals surface area contributed by atoms with Gasteiger partial charge >= 0.3 is 19.8 Å². The number of aliphatic hydroxyl groups excluding tert-OH is 2. The maximum absolute atomic E-state index is 12.4. The molecule has 0 aromatic carbocycles. The highest BCUT2D eigenvalue weighted by Gasteiger charge is 2.39. The molecule has 0 aromatic rings. The molecular weight excluding hydrogens is 507 g/mol. The second-order valence-corrected chi connectivity index (χ2v) is 10.8. The van der Waals surface area contributed by atoms with E-state index in [1.165, 1.54) is 0 Å². The molecule has 12 heteroatoms. The van der Waals surface area contributed by atoms with Crippen LogP contribution in [0, 0.1) is 11.8 Å². The standard InChI is InChI=1S/C25H43O11P/c1-3-4-7-10-19(27)13-14-22-21(23(28)15-24(22)29)11-8-5-6-9-12-25(30)36-20(16-34-18(2)26)17-35-37(31,32)33/h13-14,19-22,24,27,29H,3-12,15-17H2,1-2H3,(H2,31,32,33)/b14-13+/t19-,20+,21+,22+,24+/m0/s1. The van der Waals surface area contributed by atoms with Crippen LogP contribution in [-0.2, 0) is 32.9 Å². The molecule has 0 bridgehead atoms. The summed E-state index contributed by atoms with van der Waals surface area (Å²) in [5, 5.41) is 20.4. The molecule has 214 valence electrons. The SMILES string of the molecule is CCCCC[C@H](O)/C=C/[C@H]1[C@H](O)CC(=O)[C@@H]1CCCCCCC(=O)O[C@H](COC(C)=O)COP(=O)(O)O. The molecule has 4 N–H and O–H groups in total. The zero-order valence-electron chi connectivity index (χ0n) is 21.8. The van der Waals surface area contributed by atoms with Gasteiger partial charge in [0.25, 0.3) is 0 Å². The monoisotopic (exact) mass is 550 g/mol. The van der Waals surface area contributed by atoms with E-state index < -0.39 is 44.7 Å². The molecule has 0 aromatic heterocycles. The second kappa shape index (κ2) is 17.8. The van der Waals surface area contributed by atoms with Crippen LogP contribution < -0.4 is 0 Å². The van der Waals surface area contributed by atoms with Crippen molar-refractivity contribution in [1.82, 2.24) is 0 Å². The number of phosphoric ester groups is 1. The van der Waals surface area contributed by atoms with E-state index in [2.05, 4.69) is 11.4 Å². The molecule has 1 aliphatic rings. The number of phosphoric acid groups is 1. The minimum absolute atomic E-state index is 0.0301. The van der Waals surface area contributed by atoms with E-state index in [-0.39, 0.29) is 37.1 Å². The summed E-state index contributed by atoms with van der Waals surface area (Å²) in [6, 6.07) is 0. The second-order valence-electron chi connectivity index (χ2n) is 9.52. The van der Waals surface area contributed by atoms with Gasteiger partial charge in [-0.2, -0.15) is 0 Å². The number of hydrogen-bond donors (Lipinski definition) is 4. The van der Waals surface area contributed by atoms with Crippen molar-refractivity contribution < 1.29 is 52.9 Å². The molecule has 1 fully saturated rings. The first-order chi connectivity index (χ1) is 17.4. The lowest BCUT2D eigenvalue weighted by Gasteiger charge is -2.18. The van der Waals surface area contributed by atoms with Crippen molar-refractivity contribution in [2.45, 2.75) is 103 Å². The maximum Gasteiger partial charge on any atom is 0.469 e. The van der Waals surface area contributed by atoms with Crippen LogP contribution in [0.5, 0.6) is 0 Å². The first kappa shape index (κ1) is 33.4. The Balaban J connectivity index is 2.38. The van der Waals surface area contributed by atoms with E-state index >= 15 is 0 Å². The Kier molecular flexibility index (Phi) is 16.1. The normalized spacial score (nSPS) is 21.8. The van der Waals surface area contributed by atoms with Gasteiger partial charge in [-0.1, -0.05) is 57.6 Å². The summed E-state index contributed by atoms with van der Waals surface area (Å²) >= 11 is 0. The zero-order valence-corrected chi connectivity index (χ0v) is 22.7. The molecule has 0 saturated heterocycles. The first-order valence-corrected chi connectivity index (χ1v) is 14.6. The number of ketones is 1. The van der Waals surface area contributed by atoms with Gasteiger partial charge in [-0.25, -0.2) is 4.57 Å². The molecular formula is C25H43O11P. The van der Waals surface area contributed by atoms with Crippen molar-refractivity contribution in [1.29, 1.82) is 0 Å². The number of rotatable bonds is 19. The largest absolute Gasteiger partial charge is 0.469 e. The Morgan fingerprint density at radius 2 is 1.81 bits per heavy atom. The molecule has 37 heavy (non-hydrogen) atoms. The maximum atomic E-state index is 12.4. The molecule has 1 aliphatic carbocycles. The summed E-state index contributed by atoms with van der Waals surface area (Å²) in [6.07, 6.45) is 8.26. The number of Topliss-reactive ketones (excluding diaryl/α,β-unsaturated/α-hetero) is 1. The minimum Gasteiger partial charge on any atom is -0.462 e. The molecule has 0 heterocycles. The van der Waals surface area contributed by atoms with Crippen LogP contribution in [0.1, 0.15) is 84.5 Å². The molecule has 0 radical (unpaired) electrons. The Labute approximate surface area is 218 Å². The van der Waals surface area contributed by atoms with Crippen molar-refractivity contribution in [2.75, 3.05) is 13.2 Å². The van der Waals surface area contributed by atoms with Crippen LogP contribution in [0.2, 0.25) is 0 Å². The van der Waals surface area contributed by atoms with Crippen molar-refractivity contribution in [3.8, 4) is 0 Å². The topological polar surface area (TPSA) is 177 Å². The number of unbranched alkanes of at least 4 members (excludes halogenated alkanes) is 5. The van der Waals surface area contributed by atoms with Crippen molar-refractivity contribution in [3.05, 3.63) is 12.2 Å². The van der Waals surface area contributed by atoms with E-state index in [9.17, 15) is 29.2 Å². The summed E-state index contributed by atoms with van der Waals surface area (Å²) in [7, 11) is -4.77. The lowest BCUT2D eigenvalue weighted by molar-refractivity contribution is -0.160. The molecule has 11 nitrogen and oxygen atoms in total. The minimum atomic E-state index is -4.77. The number of hydrogen-bond acceptors (Lipinski definition) is 9. The Hall–Kier alpha value is -1.62. The molecule has 0 spiro atoms. The molecule has 0 amide bonds. The van der Waals surface area contributed by atoms with Crippen LogP contribution in [0.3, 0.4) is 0 Å². The van der Waals surface area contributed by atoms with Gasteiger partial charge in [0.2, 0.25) is 0 Å². The van der Waals surface area contributed by atoms with Gasteiger partial charge in [0.1, 0.15) is 12.4 Å². The van der Waals surface area contributed by atoms with Gasteiger partial charge < -0.3 is 29.5 Å². The number of carbonyl (C=O) groups excluding carboxylic acids is 3. The highest BCUT2D eigenvalue weighted by molar-refractivity contribution is 7.46. The molecule has 5 atom stereocenters. The van der Waals surface area contributed by atoms with Crippen LogP contribution in [0.4, 0.5) is 0 Å². The molecule has 1 rings (SSSR count). The fourth-order valence-electron chi connectivity index (χ4n) is 4.29. The van der Waals surface area contributed by atoms with E-state index in [1.54, 1.807) is 12.2 Å². The Morgan fingerprint density at radius 1 is 1.11 bits per heavy atom. The quantitative estimate of drug-likeness (QED) is 0.0804. The summed E-state index contributed by atoms with van der Waals surface area (Å²) in [4.78, 5) is 53.0. The van der Waals surface area contributed by atoms with Crippen LogP contribution in [0.15, 0.2) is 12.2 Å². The van der Waals surface area contributed by atoms with Gasteiger partial charge in [-0.15, -0.1) is 0 Å². The summed E-state index contributed by atoms with van der Waals surface area (Å²) in [6.45, 7) is 2.25. The number of ether oxygens (including phenoxy) is 2. The third-order valence-corrected chi connectivity index (χ3v) is 6.72. The van der Waals surface area contributed by atoms with Gasteiger partial charge in [-0.3, -0.25) is 18.9 Å². The van der Waals surface area contributed by atoms with Crippen LogP contribution >= 0.6 is 7.82 Å². The fourth-order valence-corrected chi connectivity index (χ4v) is 4.65. The van der Waals surface area contributed by atoms with Gasteiger partial charge in [0, 0.05) is 31.6 Å². The van der Waals surface area contributed by atoms with Gasteiger partial charge in [0.15, 0.2) is 6.10 Å². The number of esters is 2. The highest BCUT2D eigenvalue weighted by Crippen LogP contribution is 2.36. The summed E-state index contributed by atoms with van der Waals surface area (Å²) in [5.74, 6) is -1.79. The molecule has 0 unspecified atom stereocenters. The zero-order chi connectivity index (χ0) is 27.8. The molecule has 0 aliphatic heterocycles. The van der Waals surface area contributed by atoms with Gasteiger partial charge in [0.05, 0.1) is 18.8 Å². The third-order valence-electron chi connectivity index (χ3n) is 6.24. The van der Waals surface area contributed by atoms with Crippen LogP contribution in [-0.4, -0.2) is 69.2 Å². The number of carbonyl (C=O) groups is 3. The average molecular weight is 551 g/mol. The fraction of sp³-hybridized carbons (Fsp3) is 0.800. The van der Waals surface area contributed by atoms with Crippen molar-refractivity contribution in [3.63, 3.8) is 0 Å². The van der Waals surface area contributed by atoms with E-state index in [0.717, 1.165) is 39.0 Å². The van der Waals surface area contributed by atoms with Crippen molar-refractivity contribution in [2.24, 2.45) is 11.8 Å². The predicted octanol–water partition coefficient (Wildman–Crippen LogP) is 2.97. The first-order valence-electron chi connectivity index (χ1n) is 13.0. The van der Waals surface area contributed by atoms with Gasteiger partial charge in [-0.05, 0) is 19.3 Å². The third kappa shape index (κ3) is 15.4. The van der Waals surface area contributed by atoms with Crippen LogP contribution in [0.25, 0.3) is 0 Å². The predicted molar refractivity (Wildman–Crippen MR) is 134 cm³/mol. The smallest absolute Gasteiger partial charge is 0.462 e. The van der Waals surface area contributed by atoms with E-state index in [4.69, 9.17) is 19.3 Å². The van der Waals surface area contributed by atoms with E-state index in [0.29, 0.717) is 25.7 Å². The summed E-state index contributed by atoms with van der Waals surface area (Å²) < 4.78 is 25.1.